The predicted molar refractivity (Wildman–Crippen MR) is 75.2 cm³/mol. The highest BCUT2D eigenvalue weighted by molar-refractivity contribution is 5.85. The first-order valence-electron chi connectivity index (χ1n) is 7.15. The van der Waals surface area contributed by atoms with E-state index < -0.39 is 0 Å². The van der Waals surface area contributed by atoms with Crippen LogP contribution in [0.15, 0.2) is 22.8 Å². The maximum absolute atomic E-state index is 10.7. The summed E-state index contributed by atoms with van der Waals surface area (Å²) in [4.78, 5) is 0. The Kier molecular flexibility index (Phi) is 3.19. The summed E-state index contributed by atoms with van der Waals surface area (Å²) in [6, 6.07) is 3.95. The molecule has 0 saturated heterocycles. The Bertz CT molecular complexity index is 431. The molecule has 0 radical (unpaired) electrons. The van der Waals surface area contributed by atoms with E-state index in [0.29, 0.717) is 0 Å². The lowest BCUT2D eigenvalue weighted by atomic mass is 9.51. The van der Waals surface area contributed by atoms with Crippen molar-refractivity contribution in [2.45, 2.75) is 56.2 Å². The highest BCUT2D eigenvalue weighted by atomic mass is 35.5. The molecule has 4 saturated carbocycles. The Morgan fingerprint density at radius 3 is 2.58 bits per heavy atom. The zero-order valence-electron chi connectivity index (χ0n) is 11.1. The third-order valence-corrected chi connectivity index (χ3v) is 5.25. The van der Waals surface area contributed by atoms with Crippen LogP contribution in [0.3, 0.4) is 0 Å². The van der Waals surface area contributed by atoms with Crippen LogP contribution >= 0.6 is 12.4 Å². The fraction of sp³-hybridized carbons (Fsp3) is 0.733. The van der Waals surface area contributed by atoms with Gasteiger partial charge in [-0.1, -0.05) is 0 Å². The van der Waals surface area contributed by atoms with Crippen molar-refractivity contribution in [1.29, 1.82) is 0 Å². The summed E-state index contributed by atoms with van der Waals surface area (Å²) in [6.45, 7) is 0.794. The number of halogens is 1. The van der Waals surface area contributed by atoms with Crippen molar-refractivity contribution in [3.05, 3.63) is 24.2 Å². The van der Waals surface area contributed by atoms with Crippen LogP contribution in [-0.4, -0.2) is 16.2 Å². The molecule has 4 aliphatic rings. The summed E-state index contributed by atoms with van der Waals surface area (Å²) in [5, 5.41) is 14.4. The number of rotatable bonds is 3. The summed E-state index contributed by atoms with van der Waals surface area (Å²) in [5.74, 6) is 2.47. The molecule has 4 aliphatic carbocycles. The molecule has 0 spiro atoms. The molecule has 0 aromatic carbocycles. The largest absolute Gasteiger partial charge is 0.468 e. The van der Waals surface area contributed by atoms with Gasteiger partial charge in [0.2, 0.25) is 0 Å². The molecule has 4 bridgehead atoms. The average molecular weight is 284 g/mol. The van der Waals surface area contributed by atoms with E-state index in [1.807, 2.05) is 12.1 Å². The van der Waals surface area contributed by atoms with Gasteiger partial charge in [0.15, 0.2) is 0 Å². The van der Waals surface area contributed by atoms with Crippen molar-refractivity contribution in [3.63, 3.8) is 0 Å². The summed E-state index contributed by atoms with van der Waals surface area (Å²) in [6.07, 6.45) is 8.56. The van der Waals surface area contributed by atoms with Crippen molar-refractivity contribution in [2.24, 2.45) is 11.8 Å². The van der Waals surface area contributed by atoms with E-state index in [2.05, 4.69) is 5.32 Å². The molecule has 4 fully saturated rings. The molecule has 1 aromatic rings. The second-order valence-corrected chi connectivity index (χ2v) is 6.90. The van der Waals surface area contributed by atoms with Crippen LogP contribution in [0.4, 0.5) is 0 Å². The number of aliphatic hydroxyl groups is 1. The molecule has 0 aliphatic heterocycles. The topological polar surface area (TPSA) is 45.4 Å². The first-order chi connectivity index (χ1) is 8.65. The maximum atomic E-state index is 10.7. The van der Waals surface area contributed by atoms with Gasteiger partial charge >= 0.3 is 0 Å². The molecule has 3 nitrogen and oxygen atoms in total. The quantitative estimate of drug-likeness (QED) is 0.897. The number of furan rings is 1. The van der Waals surface area contributed by atoms with Gasteiger partial charge in [0.25, 0.3) is 0 Å². The first-order valence-corrected chi connectivity index (χ1v) is 7.15. The molecular formula is C15H22ClNO2. The van der Waals surface area contributed by atoms with Gasteiger partial charge in [0, 0.05) is 5.54 Å². The zero-order chi connectivity index (χ0) is 12.2. The first kappa shape index (κ1) is 13.5. The van der Waals surface area contributed by atoms with Gasteiger partial charge in [-0.15, -0.1) is 12.4 Å². The molecule has 5 rings (SSSR count). The highest BCUT2D eigenvalue weighted by Crippen LogP contribution is 2.57. The van der Waals surface area contributed by atoms with E-state index in [-0.39, 0.29) is 23.5 Å². The lowest BCUT2D eigenvalue weighted by Crippen LogP contribution is -2.64. The Morgan fingerprint density at radius 1 is 1.26 bits per heavy atom. The van der Waals surface area contributed by atoms with E-state index in [0.717, 1.165) is 43.4 Å². The Hall–Kier alpha value is -0.510. The van der Waals surface area contributed by atoms with E-state index in [9.17, 15) is 5.11 Å². The SMILES string of the molecule is Cl.OC12CC3CC(C1)CC(NCc1ccco1)(C3)C2. The smallest absolute Gasteiger partial charge is 0.117 e. The van der Waals surface area contributed by atoms with Gasteiger partial charge in [0.1, 0.15) is 5.76 Å². The molecule has 19 heavy (non-hydrogen) atoms. The number of nitrogens with one attached hydrogen (secondary N) is 1. The van der Waals surface area contributed by atoms with Gasteiger partial charge in [-0.2, -0.15) is 0 Å². The summed E-state index contributed by atoms with van der Waals surface area (Å²) >= 11 is 0. The van der Waals surface area contributed by atoms with Crippen molar-refractivity contribution in [2.75, 3.05) is 0 Å². The fourth-order valence-corrected chi connectivity index (χ4v) is 5.11. The van der Waals surface area contributed by atoms with Crippen LogP contribution in [0.25, 0.3) is 0 Å². The van der Waals surface area contributed by atoms with Crippen molar-refractivity contribution >= 4 is 12.4 Å². The third kappa shape index (κ3) is 2.32. The molecule has 4 heteroatoms. The minimum absolute atomic E-state index is 0. The van der Waals surface area contributed by atoms with E-state index >= 15 is 0 Å². The van der Waals surface area contributed by atoms with Crippen molar-refractivity contribution in [1.82, 2.24) is 5.32 Å². The monoisotopic (exact) mass is 283 g/mol. The van der Waals surface area contributed by atoms with Gasteiger partial charge in [0.05, 0.1) is 18.4 Å². The Morgan fingerprint density at radius 2 is 2.00 bits per heavy atom. The van der Waals surface area contributed by atoms with E-state index in [1.54, 1.807) is 6.26 Å². The van der Waals surface area contributed by atoms with Gasteiger partial charge < -0.3 is 14.8 Å². The molecule has 2 N–H and O–H groups in total. The standard InChI is InChI=1S/C15H21NO2.ClH/c17-15-7-11-4-12(8-15)6-14(5-11,10-15)16-9-13-2-1-3-18-13;/h1-3,11-12,16-17H,4-10H2;1H. The molecular weight excluding hydrogens is 262 g/mol. The average Bonchev–Trinajstić information content (AvgIpc) is 2.75. The normalized spacial score (nSPS) is 43.2. The van der Waals surface area contributed by atoms with Crippen LogP contribution < -0.4 is 5.32 Å². The molecule has 1 aromatic heterocycles. The fourth-order valence-electron chi connectivity index (χ4n) is 5.11. The molecule has 106 valence electrons. The molecule has 2 atom stereocenters. The van der Waals surface area contributed by atoms with Crippen LogP contribution in [0.5, 0.6) is 0 Å². The maximum Gasteiger partial charge on any atom is 0.117 e. The van der Waals surface area contributed by atoms with Crippen molar-refractivity contribution < 1.29 is 9.52 Å². The predicted octanol–water partition coefficient (Wildman–Crippen LogP) is 2.87. The lowest BCUT2D eigenvalue weighted by Gasteiger charge is -2.60. The van der Waals surface area contributed by atoms with E-state index in [4.69, 9.17) is 4.42 Å². The summed E-state index contributed by atoms with van der Waals surface area (Å²) < 4.78 is 5.40. The number of hydrogen-bond acceptors (Lipinski definition) is 3. The zero-order valence-corrected chi connectivity index (χ0v) is 11.9. The van der Waals surface area contributed by atoms with Gasteiger partial charge in [-0.05, 0) is 62.5 Å². The second-order valence-electron chi connectivity index (χ2n) is 6.90. The highest BCUT2D eigenvalue weighted by Gasteiger charge is 2.56. The van der Waals surface area contributed by atoms with Crippen molar-refractivity contribution in [3.8, 4) is 0 Å². The van der Waals surface area contributed by atoms with E-state index in [1.165, 1.54) is 19.3 Å². The minimum Gasteiger partial charge on any atom is -0.468 e. The molecule has 0 amide bonds. The Labute approximate surface area is 120 Å². The molecule has 2 unspecified atom stereocenters. The third-order valence-electron chi connectivity index (χ3n) is 5.25. The van der Waals surface area contributed by atoms with Crippen LogP contribution in [0, 0.1) is 11.8 Å². The Balaban J connectivity index is 0.00000110. The van der Waals surface area contributed by atoms with Crippen LogP contribution in [-0.2, 0) is 6.54 Å². The van der Waals surface area contributed by atoms with Crippen LogP contribution in [0.1, 0.15) is 44.3 Å². The van der Waals surface area contributed by atoms with Gasteiger partial charge in [-0.25, -0.2) is 0 Å². The second kappa shape index (κ2) is 4.51. The number of hydrogen-bond donors (Lipinski definition) is 2. The molecule has 1 heterocycles. The summed E-state index contributed by atoms with van der Waals surface area (Å²) in [7, 11) is 0. The minimum atomic E-state index is -0.375. The van der Waals surface area contributed by atoms with Gasteiger partial charge in [-0.3, -0.25) is 0 Å². The summed E-state index contributed by atoms with van der Waals surface area (Å²) in [5.41, 5.74) is -0.203. The lowest BCUT2D eigenvalue weighted by molar-refractivity contribution is -0.143. The van der Waals surface area contributed by atoms with Crippen LogP contribution in [0.2, 0.25) is 0 Å².